The number of aryl methyl sites for hydroxylation is 1. The van der Waals surface area contributed by atoms with Gasteiger partial charge in [-0.15, -0.1) is 0 Å². The fourth-order valence-corrected chi connectivity index (χ4v) is 2.51. The molecule has 1 aromatic carbocycles. The summed E-state index contributed by atoms with van der Waals surface area (Å²) in [6, 6.07) is 3.75. The number of carbonyl (C=O) groups is 2. The second-order valence-corrected chi connectivity index (χ2v) is 5.10. The minimum absolute atomic E-state index is 0.0893. The molecule has 21 heavy (non-hydrogen) atoms. The van der Waals surface area contributed by atoms with Gasteiger partial charge in [-0.25, -0.2) is 4.39 Å². The summed E-state index contributed by atoms with van der Waals surface area (Å²) in [6.07, 6.45) is 0. The summed E-state index contributed by atoms with van der Waals surface area (Å²) < 4.78 is 18.8. The molecule has 6 heteroatoms. The highest BCUT2D eigenvalue weighted by Gasteiger charge is 2.39. The van der Waals surface area contributed by atoms with E-state index in [4.69, 9.17) is 4.74 Å². The Hall–Kier alpha value is -1.95. The maximum Gasteiger partial charge on any atom is 0.311 e. The zero-order valence-corrected chi connectivity index (χ0v) is 12.0. The first kappa shape index (κ1) is 15.4. The molecule has 5 nitrogen and oxygen atoms in total. The van der Waals surface area contributed by atoms with Crippen LogP contribution in [0.25, 0.3) is 0 Å². The zero-order valence-electron chi connectivity index (χ0n) is 12.0. The van der Waals surface area contributed by atoms with Gasteiger partial charge >= 0.3 is 5.97 Å². The third kappa shape index (κ3) is 3.05. The van der Waals surface area contributed by atoms with Gasteiger partial charge in [0.1, 0.15) is 11.7 Å². The van der Waals surface area contributed by atoms with Crippen molar-refractivity contribution in [1.82, 2.24) is 4.90 Å². The number of hydrogen-bond donors (Lipinski definition) is 1. The molecule has 0 aromatic heterocycles. The first-order valence-corrected chi connectivity index (χ1v) is 6.83. The number of aliphatic carboxylic acids is 1. The van der Waals surface area contributed by atoms with Gasteiger partial charge in [-0.1, -0.05) is 6.07 Å². The van der Waals surface area contributed by atoms with Crippen molar-refractivity contribution < 1.29 is 23.8 Å². The van der Waals surface area contributed by atoms with Gasteiger partial charge in [-0.2, -0.15) is 0 Å². The number of amides is 1. The van der Waals surface area contributed by atoms with E-state index < -0.39 is 23.7 Å². The van der Waals surface area contributed by atoms with Crippen molar-refractivity contribution in [3.8, 4) is 0 Å². The topological polar surface area (TPSA) is 66.8 Å². The zero-order chi connectivity index (χ0) is 15.6. The molecule has 1 N–H and O–H groups in total. The Balaban J connectivity index is 2.26. The van der Waals surface area contributed by atoms with Gasteiger partial charge in [-0.05, 0) is 31.5 Å². The lowest BCUT2D eigenvalue weighted by Gasteiger charge is -2.29. The molecule has 1 aromatic rings. The lowest BCUT2D eigenvalue weighted by molar-refractivity contribution is -0.142. The van der Waals surface area contributed by atoms with Crippen LogP contribution in [-0.2, 0) is 9.53 Å². The van der Waals surface area contributed by atoms with Crippen LogP contribution >= 0.6 is 0 Å². The molecule has 114 valence electrons. The smallest absolute Gasteiger partial charge is 0.311 e. The fourth-order valence-electron chi connectivity index (χ4n) is 2.51. The van der Waals surface area contributed by atoms with Gasteiger partial charge in [0.2, 0.25) is 0 Å². The molecular weight excluding hydrogens is 277 g/mol. The Kier molecular flexibility index (Phi) is 4.57. The van der Waals surface area contributed by atoms with Crippen LogP contribution in [-0.4, -0.2) is 47.7 Å². The van der Waals surface area contributed by atoms with Crippen LogP contribution in [0.2, 0.25) is 0 Å². The molecule has 2 rings (SSSR count). The van der Waals surface area contributed by atoms with Crippen LogP contribution < -0.4 is 0 Å². The molecule has 0 radical (unpaired) electrons. The van der Waals surface area contributed by atoms with E-state index in [1.54, 1.807) is 19.9 Å². The highest BCUT2D eigenvalue weighted by atomic mass is 19.1. The van der Waals surface area contributed by atoms with Crippen molar-refractivity contribution in [3.63, 3.8) is 0 Å². The van der Waals surface area contributed by atoms with E-state index in [2.05, 4.69) is 0 Å². The van der Waals surface area contributed by atoms with Crippen molar-refractivity contribution in [2.75, 3.05) is 19.8 Å². The quantitative estimate of drug-likeness (QED) is 0.918. The monoisotopic (exact) mass is 295 g/mol. The molecule has 2 atom stereocenters. The predicted molar refractivity (Wildman–Crippen MR) is 73.6 cm³/mol. The lowest BCUT2D eigenvalue weighted by Crippen LogP contribution is -2.46. The molecule has 0 saturated carbocycles. The predicted octanol–water partition coefficient (Wildman–Crippen LogP) is 1.70. The largest absolute Gasteiger partial charge is 0.481 e. The van der Waals surface area contributed by atoms with E-state index in [1.165, 1.54) is 17.0 Å². The molecule has 0 bridgehead atoms. The van der Waals surface area contributed by atoms with Crippen molar-refractivity contribution in [2.24, 2.45) is 5.92 Å². The number of ether oxygens (including phenoxy) is 1. The Morgan fingerprint density at radius 1 is 1.43 bits per heavy atom. The summed E-state index contributed by atoms with van der Waals surface area (Å²) in [5.74, 6) is -2.56. The number of carboxylic acid groups (broad SMARTS) is 1. The van der Waals surface area contributed by atoms with Crippen LogP contribution in [0.1, 0.15) is 22.8 Å². The molecular formula is C15H18FNO4. The summed E-state index contributed by atoms with van der Waals surface area (Å²) in [5, 5.41) is 9.18. The average Bonchev–Trinajstić information content (AvgIpc) is 2.92. The Morgan fingerprint density at radius 2 is 2.14 bits per heavy atom. The summed E-state index contributed by atoms with van der Waals surface area (Å²) in [7, 11) is 0. The summed E-state index contributed by atoms with van der Waals surface area (Å²) >= 11 is 0. The van der Waals surface area contributed by atoms with E-state index in [0.717, 1.165) is 0 Å². The standard InChI is InChI=1S/C15H18FNO4/c1-3-17(13-8-21-7-11(13)15(19)20)14(18)10-5-4-9(2)12(16)6-10/h4-6,11,13H,3,7-8H2,1-2H3,(H,19,20). The normalized spacial score (nSPS) is 21.3. The average molecular weight is 295 g/mol. The molecule has 1 fully saturated rings. The van der Waals surface area contributed by atoms with Gasteiger partial charge in [0.15, 0.2) is 0 Å². The number of likely N-dealkylation sites (N-methyl/N-ethyl adjacent to an activating group) is 1. The highest BCUT2D eigenvalue weighted by Crippen LogP contribution is 2.22. The van der Waals surface area contributed by atoms with E-state index in [1.807, 2.05) is 0 Å². The second-order valence-electron chi connectivity index (χ2n) is 5.10. The van der Waals surface area contributed by atoms with E-state index >= 15 is 0 Å². The highest BCUT2D eigenvalue weighted by molar-refractivity contribution is 5.95. The Labute approximate surface area is 122 Å². The molecule has 2 unspecified atom stereocenters. The van der Waals surface area contributed by atoms with Crippen LogP contribution in [0.4, 0.5) is 4.39 Å². The number of rotatable bonds is 4. The molecule has 1 amide bonds. The maximum atomic E-state index is 13.6. The molecule has 1 aliphatic heterocycles. The lowest BCUT2D eigenvalue weighted by atomic mass is 10.0. The van der Waals surface area contributed by atoms with E-state index in [0.29, 0.717) is 12.1 Å². The minimum atomic E-state index is -0.987. The van der Waals surface area contributed by atoms with E-state index in [9.17, 15) is 19.1 Å². The first-order valence-electron chi connectivity index (χ1n) is 6.83. The molecule has 0 aliphatic carbocycles. The first-order chi connectivity index (χ1) is 9.95. The number of benzene rings is 1. The third-order valence-electron chi connectivity index (χ3n) is 3.79. The van der Waals surface area contributed by atoms with Crippen molar-refractivity contribution in [2.45, 2.75) is 19.9 Å². The van der Waals surface area contributed by atoms with Gasteiger partial charge in [0, 0.05) is 12.1 Å². The second kappa shape index (κ2) is 6.22. The molecule has 0 spiro atoms. The number of carboxylic acids is 1. The number of hydrogen-bond acceptors (Lipinski definition) is 3. The maximum absolute atomic E-state index is 13.6. The van der Waals surface area contributed by atoms with Crippen LogP contribution in [0.5, 0.6) is 0 Å². The minimum Gasteiger partial charge on any atom is -0.481 e. The van der Waals surface area contributed by atoms with Crippen molar-refractivity contribution in [3.05, 3.63) is 35.1 Å². The van der Waals surface area contributed by atoms with Gasteiger partial charge in [0.25, 0.3) is 5.91 Å². The van der Waals surface area contributed by atoms with Crippen LogP contribution in [0.3, 0.4) is 0 Å². The Bertz CT molecular complexity index is 561. The molecule has 1 heterocycles. The molecule has 1 saturated heterocycles. The van der Waals surface area contributed by atoms with Crippen molar-refractivity contribution >= 4 is 11.9 Å². The third-order valence-corrected chi connectivity index (χ3v) is 3.79. The van der Waals surface area contributed by atoms with Gasteiger partial charge < -0.3 is 14.7 Å². The number of nitrogens with zero attached hydrogens (tertiary/aromatic N) is 1. The molecule has 1 aliphatic rings. The summed E-state index contributed by atoms with van der Waals surface area (Å²) in [6.45, 7) is 4.00. The summed E-state index contributed by atoms with van der Waals surface area (Å²) in [5.41, 5.74) is 0.679. The van der Waals surface area contributed by atoms with Gasteiger partial charge in [-0.3, -0.25) is 9.59 Å². The van der Waals surface area contributed by atoms with Crippen molar-refractivity contribution in [1.29, 1.82) is 0 Å². The van der Waals surface area contributed by atoms with Gasteiger partial charge in [0.05, 0.1) is 19.3 Å². The fraction of sp³-hybridized carbons (Fsp3) is 0.467. The SMILES string of the molecule is CCN(C(=O)c1ccc(C)c(F)c1)C1COCC1C(=O)O. The van der Waals surface area contributed by atoms with Crippen LogP contribution in [0.15, 0.2) is 18.2 Å². The summed E-state index contributed by atoms with van der Waals surface area (Å²) in [4.78, 5) is 25.2. The number of carbonyl (C=O) groups excluding carboxylic acids is 1. The van der Waals surface area contributed by atoms with E-state index in [-0.39, 0.29) is 24.7 Å². The number of halogens is 1. The van der Waals surface area contributed by atoms with Crippen LogP contribution in [0, 0.1) is 18.7 Å². The Morgan fingerprint density at radius 3 is 2.71 bits per heavy atom.